The highest BCUT2D eigenvalue weighted by atomic mass is 35.5. The Morgan fingerprint density at radius 3 is 2.32 bits per heavy atom. The Bertz CT molecular complexity index is 1240. The Balaban J connectivity index is 1.63. The van der Waals surface area contributed by atoms with E-state index in [2.05, 4.69) is 6.92 Å². The van der Waals surface area contributed by atoms with Gasteiger partial charge in [0.15, 0.2) is 11.5 Å². The van der Waals surface area contributed by atoms with Gasteiger partial charge in [0.2, 0.25) is 0 Å². The minimum absolute atomic E-state index is 0.0789. The number of morpholine rings is 1. The van der Waals surface area contributed by atoms with Gasteiger partial charge >= 0.3 is 0 Å². The molecule has 0 spiro atoms. The van der Waals surface area contributed by atoms with Crippen molar-refractivity contribution in [2.75, 3.05) is 20.8 Å². The monoisotopic (exact) mass is 557 g/mol. The minimum Gasteiger partial charge on any atom is -0.493 e. The van der Waals surface area contributed by atoms with E-state index in [-0.39, 0.29) is 18.0 Å². The predicted molar refractivity (Wildman–Crippen MR) is 149 cm³/mol. The van der Waals surface area contributed by atoms with Gasteiger partial charge in [-0.25, -0.2) is 0 Å². The molecule has 0 aliphatic carbocycles. The van der Waals surface area contributed by atoms with Crippen molar-refractivity contribution in [1.82, 2.24) is 4.90 Å². The number of methoxy groups -OCH3 is 2. The maximum absolute atomic E-state index is 13.7. The molecule has 1 heterocycles. The van der Waals surface area contributed by atoms with E-state index in [0.717, 1.165) is 16.7 Å². The standard InChI is InChI=1S/C30H33Cl2NO5/c1-5-25(18-37-17-20-9-14-26(35-3)27(15-20)36-4)33-28(21-10-12-23(31)13-11-21)29(38-19(2)30(33)34)22-7-6-8-24(32)16-22/h6-16,19,25,28-29H,5,17-18H2,1-4H3/t19-,25?,28+,29-/m1/s1. The van der Waals surface area contributed by atoms with Gasteiger partial charge in [-0.3, -0.25) is 4.79 Å². The quantitative estimate of drug-likeness (QED) is 0.267. The zero-order valence-electron chi connectivity index (χ0n) is 22.0. The van der Waals surface area contributed by atoms with Crippen LogP contribution in [0.3, 0.4) is 0 Å². The van der Waals surface area contributed by atoms with Gasteiger partial charge < -0.3 is 23.8 Å². The molecular weight excluding hydrogens is 525 g/mol. The SMILES string of the molecule is CCC(COCc1ccc(OC)c(OC)c1)N1C(=O)[C@@H](C)O[C@H](c2cccc(Cl)c2)[C@@H]1c1ccc(Cl)cc1. The molecule has 0 N–H and O–H groups in total. The highest BCUT2D eigenvalue weighted by molar-refractivity contribution is 6.30. The van der Waals surface area contributed by atoms with Gasteiger partial charge in [-0.05, 0) is 66.4 Å². The fourth-order valence-electron chi connectivity index (χ4n) is 4.87. The molecule has 1 saturated heterocycles. The Hall–Kier alpha value is -2.77. The van der Waals surface area contributed by atoms with Crippen LogP contribution >= 0.6 is 23.2 Å². The van der Waals surface area contributed by atoms with Crippen LogP contribution in [0.5, 0.6) is 11.5 Å². The molecule has 0 aromatic heterocycles. The number of carbonyl (C=O) groups excluding carboxylic acids is 1. The molecule has 1 fully saturated rings. The van der Waals surface area contributed by atoms with Gasteiger partial charge in [0.05, 0.1) is 39.5 Å². The van der Waals surface area contributed by atoms with Crippen LogP contribution in [-0.4, -0.2) is 43.8 Å². The number of hydrogen-bond donors (Lipinski definition) is 0. The third-order valence-corrected chi connectivity index (χ3v) is 7.31. The molecule has 202 valence electrons. The normalized spacial score (nSPS) is 20.3. The first-order valence-electron chi connectivity index (χ1n) is 12.6. The second kappa shape index (κ2) is 12.9. The van der Waals surface area contributed by atoms with E-state index in [1.807, 2.05) is 71.6 Å². The molecule has 0 radical (unpaired) electrons. The number of amides is 1. The zero-order chi connectivity index (χ0) is 27.2. The van der Waals surface area contributed by atoms with Crippen molar-refractivity contribution in [2.24, 2.45) is 0 Å². The lowest BCUT2D eigenvalue weighted by molar-refractivity contribution is -0.179. The lowest BCUT2D eigenvalue weighted by atomic mass is 9.90. The van der Waals surface area contributed by atoms with Crippen LogP contribution < -0.4 is 9.47 Å². The van der Waals surface area contributed by atoms with Gasteiger partial charge in [-0.2, -0.15) is 0 Å². The second-order valence-electron chi connectivity index (χ2n) is 9.26. The van der Waals surface area contributed by atoms with Crippen LogP contribution in [0.2, 0.25) is 10.0 Å². The highest BCUT2D eigenvalue weighted by Gasteiger charge is 2.45. The average Bonchev–Trinajstić information content (AvgIpc) is 2.93. The lowest BCUT2D eigenvalue weighted by Crippen LogP contribution is -2.55. The van der Waals surface area contributed by atoms with Crippen molar-refractivity contribution in [3.63, 3.8) is 0 Å². The molecular formula is C30H33Cl2NO5. The van der Waals surface area contributed by atoms with Crippen molar-refractivity contribution >= 4 is 29.1 Å². The van der Waals surface area contributed by atoms with Gasteiger partial charge in [0, 0.05) is 10.0 Å². The molecule has 3 aromatic carbocycles. The number of hydrogen-bond acceptors (Lipinski definition) is 5. The number of carbonyl (C=O) groups is 1. The van der Waals surface area contributed by atoms with Crippen LogP contribution in [0, 0.1) is 0 Å². The lowest BCUT2D eigenvalue weighted by Gasteiger charge is -2.47. The minimum atomic E-state index is -0.623. The van der Waals surface area contributed by atoms with E-state index in [1.165, 1.54) is 0 Å². The molecule has 1 amide bonds. The molecule has 4 rings (SSSR count). The number of benzene rings is 3. The van der Waals surface area contributed by atoms with E-state index >= 15 is 0 Å². The summed E-state index contributed by atoms with van der Waals surface area (Å²) in [5.74, 6) is 1.23. The number of rotatable bonds is 10. The summed E-state index contributed by atoms with van der Waals surface area (Å²) < 4.78 is 23.2. The number of halogens is 2. The Kier molecular flexibility index (Phi) is 9.55. The first kappa shape index (κ1) is 28.2. The van der Waals surface area contributed by atoms with E-state index in [4.69, 9.17) is 42.1 Å². The van der Waals surface area contributed by atoms with Crippen LogP contribution in [-0.2, 0) is 20.9 Å². The predicted octanol–water partition coefficient (Wildman–Crippen LogP) is 7.04. The van der Waals surface area contributed by atoms with E-state index in [1.54, 1.807) is 21.1 Å². The van der Waals surface area contributed by atoms with E-state index < -0.39 is 12.2 Å². The van der Waals surface area contributed by atoms with Gasteiger partial charge in [-0.1, -0.05) is 60.5 Å². The van der Waals surface area contributed by atoms with Crippen LogP contribution in [0.4, 0.5) is 0 Å². The number of ether oxygens (including phenoxy) is 4. The fourth-order valence-corrected chi connectivity index (χ4v) is 5.20. The summed E-state index contributed by atoms with van der Waals surface area (Å²) >= 11 is 12.6. The Labute approximate surface area is 234 Å². The van der Waals surface area contributed by atoms with E-state index in [0.29, 0.717) is 41.2 Å². The molecule has 1 aliphatic heterocycles. The molecule has 3 aromatic rings. The van der Waals surface area contributed by atoms with Crippen molar-refractivity contribution in [2.45, 2.75) is 51.2 Å². The molecule has 38 heavy (non-hydrogen) atoms. The summed E-state index contributed by atoms with van der Waals surface area (Å²) in [4.78, 5) is 15.6. The summed E-state index contributed by atoms with van der Waals surface area (Å²) in [5.41, 5.74) is 2.78. The largest absolute Gasteiger partial charge is 0.493 e. The molecule has 4 atom stereocenters. The Morgan fingerprint density at radius 1 is 0.921 bits per heavy atom. The van der Waals surface area contributed by atoms with Gasteiger partial charge in [0.1, 0.15) is 12.2 Å². The van der Waals surface area contributed by atoms with Crippen molar-refractivity contribution < 1.29 is 23.7 Å². The Morgan fingerprint density at radius 2 is 1.66 bits per heavy atom. The highest BCUT2D eigenvalue weighted by Crippen LogP contribution is 2.44. The van der Waals surface area contributed by atoms with Crippen molar-refractivity contribution in [3.05, 3.63) is 93.5 Å². The second-order valence-corrected chi connectivity index (χ2v) is 10.1. The first-order chi connectivity index (χ1) is 18.4. The maximum Gasteiger partial charge on any atom is 0.252 e. The topological polar surface area (TPSA) is 57.2 Å². The van der Waals surface area contributed by atoms with Crippen LogP contribution in [0.1, 0.15) is 49.1 Å². The van der Waals surface area contributed by atoms with Crippen LogP contribution in [0.25, 0.3) is 0 Å². The summed E-state index contributed by atoms with van der Waals surface area (Å²) in [6, 6.07) is 20.3. The summed E-state index contributed by atoms with van der Waals surface area (Å²) in [5, 5.41) is 1.24. The first-order valence-corrected chi connectivity index (χ1v) is 13.4. The molecule has 0 saturated carbocycles. The number of nitrogens with zero attached hydrogens (tertiary/aromatic N) is 1. The zero-order valence-corrected chi connectivity index (χ0v) is 23.5. The molecule has 8 heteroatoms. The molecule has 6 nitrogen and oxygen atoms in total. The van der Waals surface area contributed by atoms with Crippen LogP contribution in [0.15, 0.2) is 66.7 Å². The van der Waals surface area contributed by atoms with E-state index in [9.17, 15) is 4.79 Å². The summed E-state index contributed by atoms with van der Waals surface area (Å²) in [6.07, 6.45) is -0.332. The molecule has 1 aliphatic rings. The molecule has 1 unspecified atom stereocenters. The fraction of sp³-hybridized carbons (Fsp3) is 0.367. The van der Waals surface area contributed by atoms with Crippen molar-refractivity contribution in [1.29, 1.82) is 0 Å². The summed E-state index contributed by atoms with van der Waals surface area (Å²) in [7, 11) is 3.21. The third kappa shape index (κ3) is 6.26. The summed E-state index contributed by atoms with van der Waals surface area (Å²) in [6.45, 7) is 4.58. The van der Waals surface area contributed by atoms with Gasteiger partial charge in [-0.15, -0.1) is 0 Å². The average molecular weight is 559 g/mol. The van der Waals surface area contributed by atoms with Crippen molar-refractivity contribution in [3.8, 4) is 11.5 Å². The maximum atomic E-state index is 13.7. The molecule has 0 bridgehead atoms. The smallest absolute Gasteiger partial charge is 0.252 e. The van der Waals surface area contributed by atoms with Gasteiger partial charge in [0.25, 0.3) is 5.91 Å². The third-order valence-electron chi connectivity index (χ3n) is 6.82.